The van der Waals surface area contributed by atoms with Crippen molar-refractivity contribution in [1.82, 2.24) is 4.90 Å². The van der Waals surface area contributed by atoms with E-state index in [4.69, 9.17) is 10.00 Å². The summed E-state index contributed by atoms with van der Waals surface area (Å²) in [5.74, 6) is -0.0562. The molecule has 0 radical (unpaired) electrons. The zero-order valence-electron chi connectivity index (χ0n) is 13.3. The van der Waals surface area contributed by atoms with E-state index in [0.29, 0.717) is 30.7 Å². The number of hydrogen-bond acceptors (Lipinski definition) is 5. The predicted molar refractivity (Wildman–Crippen MR) is 88.2 cm³/mol. The van der Waals surface area contributed by atoms with Gasteiger partial charge in [0.15, 0.2) is 9.84 Å². The maximum atomic E-state index is 12.9. The third-order valence-electron chi connectivity index (χ3n) is 4.60. The fourth-order valence-corrected chi connectivity index (χ4v) is 5.01. The lowest BCUT2D eigenvalue weighted by atomic mass is 10.1. The maximum Gasteiger partial charge on any atom is 0.254 e. The normalized spacial score (nSPS) is 25.3. The van der Waals surface area contributed by atoms with Gasteiger partial charge in [-0.15, -0.1) is 0 Å². The van der Waals surface area contributed by atoms with Gasteiger partial charge in [-0.2, -0.15) is 5.26 Å². The number of nitriles is 1. The van der Waals surface area contributed by atoms with Crippen LogP contribution < -0.4 is 0 Å². The van der Waals surface area contributed by atoms with Crippen LogP contribution in [0.2, 0.25) is 0 Å². The lowest BCUT2D eigenvalue weighted by molar-refractivity contribution is 0.0441. The second-order valence-electron chi connectivity index (χ2n) is 6.34. The van der Waals surface area contributed by atoms with Crippen molar-refractivity contribution in [2.75, 3.05) is 24.7 Å². The van der Waals surface area contributed by atoms with Crippen LogP contribution in [0.25, 0.3) is 0 Å². The smallest absolute Gasteiger partial charge is 0.254 e. The lowest BCUT2D eigenvalue weighted by Crippen LogP contribution is -2.45. The molecule has 0 aliphatic carbocycles. The molecule has 7 heteroatoms. The van der Waals surface area contributed by atoms with Crippen molar-refractivity contribution in [1.29, 1.82) is 5.26 Å². The summed E-state index contributed by atoms with van der Waals surface area (Å²) < 4.78 is 29.3. The molecule has 0 saturated carbocycles. The van der Waals surface area contributed by atoms with Crippen LogP contribution in [0.15, 0.2) is 24.3 Å². The van der Waals surface area contributed by atoms with Gasteiger partial charge in [0.25, 0.3) is 5.91 Å². The molecule has 2 fully saturated rings. The van der Waals surface area contributed by atoms with E-state index in [9.17, 15) is 13.2 Å². The standard InChI is InChI=1S/C17H20N2O4S/c18-10-13-3-5-14(6-4-13)17(20)19(11-16-2-1-8-23-16)15-7-9-24(21,22)12-15/h3-6,15-16H,1-2,7-9,11-12H2/t15-,16-/m0/s1. The first-order chi connectivity index (χ1) is 11.5. The van der Waals surface area contributed by atoms with E-state index in [1.807, 2.05) is 6.07 Å². The Morgan fingerprint density at radius 2 is 2.04 bits per heavy atom. The van der Waals surface area contributed by atoms with Crippen molar-refractivity contribution in [2.24, 2.45) is 0 Å². The zero-order chi connectivity index (χ0) is 17.2. The first kappa shape index (κ1) is 16.9. The summed E-state index contributed by atoms with van der Waals surface area (Å²) >= 11 is 0. The van der Waals surface area contributed by atoms with Gasteiger partial charge < -0.3 is 9.64 Å². The van der Waals surface area contributed by atoms with Gasteiger partial charge in [-0.1, -0.05) is 0 Å². The molecule has 2 atom stereocenters. The molecule has 1 aromatic carbocycles. The Kier molecular flexibility index (Phi) is 4.88. The van der Waals surface area contributed by atoms with Crippen LogP contribution in [-0.2, 0) is 14.6 Å². The van der Waals surface area contributed by atoms with Crippen LogP contribution in [0.1, 0.15) is 35.2 Å². The van der Waals surface area contributed by atoms with Crippen molar-refractivity contribution < 1.29 is 17.9 Å². The molecule has 1 amide bonds. The van der Waals surface area contributed by atoms with Gasteiger partial charge in [-0.3, -0.25) is 4.79 Å². The molecule has 2 saturated heterocycles. The molecule has 1 aromatic rings. The van der Waals surface area contributed by atoms with E-state index < -0.39 is 9.84 Å². The molecule has 2 aliphatic heterocycles. The molecule has 128 valence electrons. The van der Waals surface area contributed by atoms with Gasteiger partial charge in [0.1, 0.15) is 0 Å². The molecule has 3 rings (SSSR count). The maximum absolute atomic E-state index is 12.9. The van der Waals surface area contributed by atoms with Crippen LogP contribution >= 0.6 is 0 Å². The fourth-order valence-electron chi connectivity index (χ4n) is 3.28. The number of carbonyl (C=O) groups is 1. The molecule has 6 nitrogen and oxygen atoms in total. The second kappa shape index (κ2) is 6.91. The first-order valence-electron chi connectivity index (χ1n) is 8.12. The fraction of sp³-hybridized carbons (Fsp3) is 0.529. The highest BCUT2D eigenvalue weighted by atomic mass is 32.2. The highest BCUT2D eigenvalue weighted by Crippen LogP contribution is 2.23. The minimum absolute atomic E-state index is 0.0156. The number of benzene rings is 1. The number of amides is 1. The molecule has 24 heavy (non-hydrogen) atoms. The summed E-state index contributed by atoms with van der Waals surface area (Å²) in [5, 5.41) is 8.87. The van der Waals surface area contributed by atoms with E-state index in [0.717, 1.165) is 12.8 Å². The average molecular weight is 348 g/mol. The van der Waals surface area contributed by atoms with E-state index >= 15 is 0 Å². The monoisotopic (exact) mass is 348 g/mol. The molecule has 2 aliphatic rings. The summed E-state index contributed by atoms with van der Waals surface area (Å²) in [6.07, 6.45) is 2.29. The summed E-state index contributed by atoms with van der Waals surface area (Å²) in [6.45, 7) is 1.10. The van der Waals surface area contributed by atoms with Crippen molar-refractivity contribution in [3.05, 3.63) is 35.4 Å². The molecule has 0 aromatic heterocycles. The predicted octanol–water partition coefficient (Wildman–Crippen LogP) is 1.37. The number of hydrogen-bond donors (Lipinski definition) is 0. The van der Waals surface area contributed by atoms with Gasteiger partial charge in [-0.25, -0.2) is 8.42 Å². The van der Waals surface area contributed by atoms with Gasteiger partial charge >= 0.3 is 0 Å². The Balaban J connectivity index is 1.82. The Bertz CT molecular complexity index is 746. The quantitative estimate of drug-likeness (QED) is 0.820. The number of nitrogens with zero attached hydrogens (tertiary/aromatic N) is 2. The van der Waals surface area contributed by atoms with Crippen molar-refractivity contribution >= 4 is 15.7 Å². The Labute approximate surface area is 141 Å². The zero-order valence-corrected chi connectivity index (χ0v) is 14.2. The van der Waals surface area contributed by atoms with Crippen LogP contribution in [0.5, 0.6) is 0 Å². The largest absolute Gasteiger partial charge is 0.376 e. The minimum Gasteiger partial charge on any atom is -0.376 e. The SMILES string of the molecule is N#Cc1ccc(C(=O)N(C[C@@H]2CCCO2)[C@H]2CCS(=O)(=O)C2)cc1. The Morgan fingerprint density at radius 1 is 1.29 bits per heavy atom. The number of carbonyl (C=O) groups excluding carboxylic acids is 1. The summed E-state index contributed by atoms with van der Waals surface area (Å²) in [6, 6.07) is 8.16. The van der Waals surface area contributed by atoms with Crippen molar-refractivity contribution in [3.8, 4) is 6.07 Å². The molecular formula is C17H20N2O4S. The van der Waals surface area contributed by atoms with Gasteiger partial charge in [-0.05, 0) is 43.5 Å². The number of ether oxygens (including phenoxy) is 1. The van der Waals surface area contributed by atoms with Gasteiger partial charge in [0, 0.05) is 24.8 Å². The third kappa shape index (κ3) is 3.77. The highest BCUT2D eigenvalue weighted by Gasteiger charge is 2.36. The third-order valence-corrected chi connectivity index (χ3v) is 6.35. The average Bonchev–Trinajstić information content (AvgIpc) is 3.21. The van der Waals surface area contributed by atoms with Gasteiger partial charge in [0.2, 0.25) is 0 Å². The van der Waals surface area contributed by atoms with E-state index in [2.05, 4.69) is 0 Å². The molecule has 0 N–H and O–H groups in total. The molecular weight excluding hydrogens is 328 g/mol. The highest BCUT2D eigenvalue weighted by molar-refractivity contribution is 7.91. The molecule has 0 bridgehead atoms. The number of rotatable bonds is 4. The van der Waals surface area contributed by atoms with Gasteiger partial charge in [0.05, 0.1) is 29.2 Å². The van der Waals surface area contributed by atoms with Crippen LogP contribution in [0.3, 0.4) is 0 Å². The summed E-state index contributed by atoms with van der Waals surface area (Å²) in [5.41, 5.74) is 0.956. The molecule has 2 heterocycles. The van der Waals surface area contributed by atoms with Crippen molar-refractivity contribution in [2.45, 2.75) is 31.4 Å². The molecule has 0 unspecified atom stereocenters. The first-order valence-corrected chi connectivity index (χ1v) is 9.94. The molecule has 0 spiro atoms. The number of sulfone groups is 1. The second-order valence-corrected chi connectivity index (χ2v) is 8.57. The summed E-state index contributed by atoms with van der Waals surface area (Å²) in [4.78, 5) is 14.6. The topological polar surface area (TPSA) is 87.5 Å². The summed E-state index contributed by atoms with van der Waals surface area (Å²) in [7, 11) is -3.08. The lowest BCUT2D eigenvalue weighted by Gasteiger charge is -2.30. The van der Waals surface area contributed by atoms with Crippen molar-refractivity contribution in [3.63, 3.8) is 0 Å². The Hall–Kier alpha value is -1.91. The van der Waals surface area contributed by atoms with E-state index in [1.54, 1.807) is 29.2 Å². The Morgan fingerprint density at radius 3 is 2.58 bits per heavy atom. The van der Waals surface area contributed by atoms with E-state index in [-0.39, 0.29) is 29.6 Å². The van der Waals surface area contributed by atoms with Crippen LogP contribution in [-0.4, -0.2) is 56.0 Å². The van der Waals surface area contributed by atoms with Crippen LogP contribution in [0, 0.1) is 11.3 Å². The van der Waals surface area contributed by atoms with E-state index in [1.165, 1.54) is 0 Å². The minimum atomic E-state index is -3.08. The van der Waals surface area contributed by atoms with Crippen LogP contribution in [0.4, 0.5) is 0 Å².